The number of methoxy groups -OCH3 is 1. The van der Waals surface area contributed by atoms with E-state index in [-0.39, 0.29) is 11.2 Å². The van der Waals surface area contributed by atoms with Gasteiger partial charge in [-0.15, -0.1) is 0 Å². The highest BCUT2D eigenvalue weighted by molar-refractivity contribution is 7.99. The van der Waals surface area contributed by atoms with Gasteiger partial charge in [-0.1, -0.05) is 32.5 Å². The van der Waals surface area contributed by atoms with Crippen molar-refractivity contribution in [3.8, 4) is 11.4 Å². The van der Waals surface area contributed by atoms with Crippen LogP contribution in [0.3, 0.4) is 0 Å². The minimum atomic E-state index is -0.315. The second-order valence-corrected chi connectivity index (χ2v) is 6.68. The molecule has 1 heterocycles. The van der Waals surface area contributed by atoms with Gasteiger partial charge in [-0.25, -0.2) is 4.98 Å². The molecular weight excluding hydrogens is 284 g/mol. The van der Waals surface area contributed by atoms with Gasteiger partial charge < -0.3 is 4.74 Å². The molecule has 0 bridgehead atoms. The second-order valence-electron chi connectivity index (χ2n) is 5.74. The van der Waals surface area contributed by atoms with Crippen LogP contribution in [0.5, 0.6) is 5.75 Å². The van der Waals surface area contributed by atoms with E-state index in [9.17, 15) is 4.79 Å². The summed E-state index contributed by atoms with van der Waals surface area (Å²) in [6, 6.07) is 7.75. The van der Waals surface area contributed by atoms with Crippen molar-refractivity contribution < 1.29 is 9.53 Å². The van der Waals surface area contributed by atoms with Gasteiger partial charge in [0.1, 0.15) is 11.5 Å². The number of ether oxygens (including phenoxy) is 1. The van der Waals surface area contributed by atoms with E-state index >= 15 is 0 Å². The molecule has 0 saturated carbocycles. The lowest BCUT2D eigenvalue weighted by Gasteiger charge is -2.16. The van der Waals surface area contributed by atoms with E-state index in [0.717, 1.165) is 16.6 Å². The second kappa shape index (κ2) is 6.35. The van der Waals surface area contributed by atoms with Gasteiger partial charge in [-0.3, -0.25) is 9.36 Å². The van der Waals surface area contributed by atoms with E-state index < -0.39 is 0 Å². The van der Waals surface area contributed by atoms with Crippen molar-refractivity contribution in [3.05, 3.63) is 36.7 Å². The Morgan fingerprint density at radius 3 is 2.52 bits per heavy atom. The normalized spacial score (nSPS) is 11.4. The average molecular weight is 304 g/mol. The quantitative estimate of drug-likeness (QED) is 0.792. The lowest BCUT2D eigenvalue weighted by molar-refractivity contribution is -0.123. The fourth-order valence-electron chi connectivity index (χ4n) is 1.68. The number of imidazole rings is 1. The van der Waals surface area contributed by atoms with Crippen LogP contribution in [0.4, 0.5) is 0 Å². The lowest BCUT2D eigenvalue weighted by atomic mass is 9.92. The van der Waals surface area contributed by atoms with Crippen molar-refractivity contribution in [2.24, 2.45) is 5.41 Å². The zero-order valence-electron chi connectivity index (χ0n) is 12.8. The molecule has 0 radical (unpaired) electrons. The topological polar surface area (TPSA) is 44.1 Å². The number of rotatable bonds is 5. The first-order valence-electron chi connectivity index (χ1n) is 6.75. The van der Waals surface area contributed by atoms with Crippen molar-refractivity contribution in [1.82, 2.24) is 9.55 Å². The highest BCUT2D eigenvalue weighted by Crippen LogP contribution is 2.25. The number of carbonyl (C=O) groups is 1. The van der Waals surface area contributed by atoms with Gasteiger partial charge in [0.05, 0.1) is 12.9 Å². The van der Waals surface area contributed by atoms with Crippen molar-refractivity contribution in [3.63, 3.8) is 0 Å². The predicted molar refractivity (Wildman–Crippen MR) is 85.3 cm³/mol. The van der Waals surface area contributed by atoms with Crippen molar-refractivity contribution >= 4 is 17.5 Å². The number of thioether (sulfide) groups is 1. The number of aromatic nitrogens is 2. The monoisotopic (exact) mass is 304 g/mol. The molecule has 0 amide bonds. The Morgan fingerprint density at radius 2 is 1.95 bits per heavy atom. The van der Waals surface area contributed by atoms with Crippen LogP contribution in [-0.2, 0) is 4.79 Å². The van der Waals surface area contributed by atoms with Gasteiger partial charge in [0, 0.05) is 23.5 Å². The Balaban J connectivity index is 2.13. The number of Topliss-reactive ketones (excluding diaryl/α,β-unsaturated/α-hetero) is 1. The van der Waals surface area contributed by atoms with Crippen molar-refractivity contribution in [2.45, 2.75) is 25.9 Å². The number of benzene rings is 1. The van der Waals surface area contributed by atoms with Crippen LogP contribution in [0.1, 0.15) is 20.8 Å². The van der Waals surface area contributed by atoms with Gasteiger partial charge in [0.2, 0.25) is 0 Å². The lowest BCUT2D eigenvalue weighted by Crippen LogP contribution is -2.22. The van der Waals surface area contributed by atoms with E-state index in [4.69, 9.17) is 4.74 Å². The minimum absolute atomic E-state index is 0.219. The Morgan fingerprint density at radius 1 is 1.29 bits per heavy atom. The molecule has 0 N–H and O–H groups in total. The summed E-state index contributed by atoms with van der Waals surface area (Å²) in [5.41, 5.74) is 0.684. The first-order chi connectivity index (χ1) is 9.91. The highest BCUT2D eigenvalue weighted by atomic mass is 32.2. The average Bonchev–Trinajstić information content (AvgIpc) is 2.92. The molecule has 0 atom stereocenters. The van der Waals surface area contributed by atoms with Gasteiger partial charge in [-0.2, -0.15) is 0 Å². The summed E-state index contributed by atoms with van der Waals surface area (Å²) >= 11 is 1.46. The van der Waals surface area contributed by atoms with Gasteiger partial charge >= 0.3 is 0 Å². The van der Waals surface area contributed by atoms with Crippen LogP contribution in [0.15, 0.2) is 41.8 Å². The third kappa shape index (κ3) is 3.88. The van der Waals surface area contributed by atoms with Gasteiger partial charge in [0.25, 0.3) is 0 Å². The summed E-state index contributed by atoms with van der Waals surface area (Å²) in [5.74, 6) is 1.46. The molecule has 0 fully saturated rings. The maximum Gasteiger partial charge on any atom is 0.173 e. The smallest absolute Gasteiger partial charge is 0.173 e. The van der Waals surface area contributed by atoms with E-state index in [1.165, 1.54) is 11.8 Å². The summed E-state index contributed by atoms with van der Waals surface area (Å²) in [5, 5.41) is 0.817. The number of nitrogens with zero attached hydrogens (tertiary/aromatic N) is 2. The largest absolute Gasteiger partial charge is 0.497 e. The Kier molecular flexibility index (Phi) is 4.73. The summed E-state index contributed by atoms with van der Waals surface area (Å²) < 4.78 is 7.13. The predicted octanol–water partition coefficient (Wildman–Crippen LogP) is 3.59. The first-order valence-corrected chi connectivity index (χ1v) is 7.74. The standard InChI is InChI=1S/C16H20N2O2S/c1-16(2,3)14(19)11-21-15-17-9-10-18(15)12-5-7-13(20-4)8-6-12/h5-10H,11H2,1-4H3. The Labute approximate surface area is 129 Å². The Hall–Kier alpha value is -1.75. The number of carbonyl (C=O) groups excluding carboxylic acids is 1. The van der Waals surface area contributed by atoms with Crippen LogP contribution in [0.25, 0.3) is 5.69 Å². The number of hydrogen-bond donors (Lipinski definition) is 0. The van der Waals surface area contributed by atoms with Crippen molar-refractivity contribution in [2.75, 3.05) is 12.9 Å². The van der Waals surface area contributed by atoms with Crippen LogP contribution >= 0.6 is 11.8 Å². The van der Waals surface area contributed by atoms with E-state index in [1.807, 2.05) is 55.8 Å². The third-order valence-electron chi connectivity index (χ3n) is 3.13. The third-order valence-corrected chi connectivity index (χ3v) is 4.09. The molecule has 4 nitrogen and oxygen atoms in total. The molecule has 2 rings (SSSR count). The molecule has 0 aliphatic carbocycles. The Bertz CT molecular complexity index is 612. The summed E-state index contributed by atoms with van der Waals surface area (Å²) in [6.07, 6.45) is 3.64. The molecule has 21 heavy (non-hydrogen) atoms. The molecular formula is C16H20N2O2S. The zero-order chi connectivity index (χ0) is 15.5. The number of hydrogen-bond acceptors (Lipinski definition) is 4. The highest BCUT2D eigenvalue weighted by Gasteiger charge is 2.21. The van der Waals surface area contributed by atoms with E-state index in [2.05, 4.69) is 4.98 Å². The van der Waals surface area contributed by atoms with Crippen molar-refractivity contribution in [1.29, 1.82) is 0 Å². The summed E-state index contributed by atoms with van der Waals surface area (Å²) in [4.78, 5) is 16.3. The van der Waals surface area contributed by atoms with E-state index in [1.54, 1.807) is 13.3 Å². The van der Waals surface area contributed by atoms with Crippen LogP contribution in [0.2, 0.25) is 0 Å². The van der Waals surface area contributed by atoms with Crippen LogP contribution in [0, 0.1) is 5.41 Å². The maximum atomic E-state index is 12.0. The van der Waals surface area contributed by atoms with E-state index in [0.29, 0.717) is 5.75 Å². The molecule has 1 aromatic heterocycles. The molecule has 0 aliphatic rings. The molecule has 0 saturated heterocycles. The van der Waals surface area contributed by atoms with Crippen LogP contribution < -0.4 is 4.74 Å². The van der Waals surface area contributed by atoms with Gasteiger partial charge in [0.15, 0.2) is 5.16 Å². The molecule has 0 spiro atoms. The summed E-state index contributed by atoms with van der Waals surface area (Å²) in [7, 11) is 1.64. The zero-order valence-corrected chi connectivity index (χ0v) is 13.6. The molecule has 1 aromatic carbocycles. The maximum absolute atomic E-state index is 12.0. The molecule has 112 valence electrons. The number of ketones is 1. The molecule has 0 unspecified atom stereocenters. The fraction of sp³-hybridized carbons (Fsp3) is 0.375. The first kappa shape index (κ1) is 15.6. The SMILES string of the molecule is COc1ccc(-n2ccnc2SCC(=O)C(C)(C)C)cc1. The summed E-state index contributed by atoms with van der Waals surface area (Å²) in [6.45, 7) is 5.81. The molecule has 5 heteroatoms. The van der Waals surface area contributed by atoms with Gasteiger partial charge in [-0.05, 0) is 24.3 Å². The molecule has 2 aromatic rings. The molecule has 0 aliphatic heterocycles. The minimum Gasteiger partial charge on any atom is -0.497 e. The van der Waals surface area contributed by atoms with Crippen LogP contribution in [-0.4, -0.2) is 28.2 Å². The fourth-order valence-corrected chi connectivity index (χ4v) is 2.82.